The number of hydrogen-bond acceptors (Lipinski definition) is 4. The van der Waals surface area contributed by atoms with Gasteiger partial charge < -0.3 is 14.7 Å². The standard InChI is InChI=1S/C18H24N2O2/c1-4-22-15-5-6-20(10-15)18-8-13(3)19-17-9-14(11-21)12(2)7-16(17)18/h7-9,15,21H,4-6,10-11H2,1-3H3/t15-/m0/s1. The van der Waals surface area contributed by atoms with Crippen molar-refractivity contribution in [2.45, 2.75) is 39.9 Å². The molecule has 3 rings (SSSR count). The Bertz CT molecular complexity index is 684. The van der Waals surface area contributed by atoms with Gasteiger partial charge in [-0.05, 0) is 56.5 Å². The number of benzene rings is 1. The van der Waals surface area contributed by atoms with Crippen molar-refractivity contribution in [2.24, 2.45) is 0 Å². The first-order valence-electron chi connectivity index (χ1n) is 8.00. The molecular weight excluding hydrogens is 276 g/mol. The molecule has 4 nitrogen and oxygen atoms in total. The topological polar surface area (TPSA) is 45.6 Å². The molecule has 1 N–H and O–H groups in total. The summed E-state index contributed by atoms with van der Waals surface area (Å²) in [5.74, 6) is 0. The van der Waals surface area contributed by atoms with E-state index in [1.807, 2.05) is 19.9 Å². The van der Waals surface area contributed by atoms with Crippen LogP contribution < -0.4 is 4.90 Å². The Kier molecular flexibility index (Phi) is 4.32. The predicted octanol–water partition coefficient (Wildman–Crippen LogP) is 2.96. The van der Waals surface area contributed by atoms with Crippen LogP contribution >= 0.6 is 0 Å². The zero-order valence-corrected chi connectivity index (χ0v) is 13.6. The number of anilines is 1. The normalized spacial score (nSPS) is 18.4. The molecule has 0 unspecified atom stereocenters. The first kappa shape index (κ1) is 15.3. The number of aliphatic hydroxyl groups is 1. The second-order valence-corrected chi connectivity index (χ2v) is 6.05. The zero-order valence-electron chi connectivity index (χ0n) is 13.6. The highest BCUT2D eigenvalue weighted by atomic mass is 16.5. The minimum atomic E-state index is 0.0584. The summed E-state index contributed by atoms with van der Waals surface area (Å²) < 4.78 is 5.77. The molecule has 22 heavy (non-hydrogen) atoms. The Morgan fingerprint density at radius 3 is 2.86 bits per heavy atom. The number of hydrogen-bond donors (Lipinski definition) is 1. The molecule has 0 bridgehead atoms. The molecule has 1 aromatic heterocycles. The number of ether oxygens (including phenoxy) is 1. The molecule has 0 radical (unpaired) electrons. The summed E-state index contributed by atoms with van der Waals surface area (Å²) in [5.41, 5.74) is 5.27. The zero-order chi connectivity index (χ0) is 15.7. The highest BCUT2D eigenvalue weighted by molar-refractivity contribution is 5.93. The van der Waals surface area contributed by atoms with E-state index in [0.29, 0.717) is 6.10 Å². The number of nitrogens with zero attached hydrogens (tertiary/aromatic N) is 2. The van der Waals surface area contributed by atoms with Crippen molar-refractivity contribution >= 4 is 16.6 Å². The van der Waals surface area contributed by atoms with E-state index in [-0.39, 0.29) is 6.61 Å². The molecule has 118 valence electrons. The Morgan fingerprint density at radius 2 is 2.14 bits per heavy atom. The van der Waals surface area contributed by atoms with Gasteiger partial charge in [-0.2, -0.15) is 0 Å². The van der Waals surface area contributed by atoms with E-state index in [9.17, 15) is 5.11 Å². The van der Waals surface area contributed by atoms with Crippen LogP contribution in [0.15, 0.2) is 18.2 Å². The molecule has 4 heteroatoms. The maximum atomic E-state index is 9.47. The number of aliphatic hydroxyl groups excluding tert-OH is 1. The molecule has 1 aliphatic rings. The third kappa shape index (κ3) is 2.81. The number of aryl methyl sites for hydroxylation is 2. The maximum absolute atomic E-state index is 9.47. The number of fused-ring (bicyclic) bond motifs is 1. The van der Waals surface area contributed by atoms with Crippen LogP contribution in [-0.4, -0.2) is 35.9 Å². The van der Waals surface area contributed by atoms with E-state index in [1.54, 1.807) is 0 Å². The molecule has 2 heterocycles. The lowest BCUT2D eigenvalue weighted by molar-refractivity contribution is 0.0788. The highest BCUT2D eigenvalue weighted by Gasteiger charge is 2.24. The van der Waals surface area contributed by atoms with Crippen LogP contribution in [0.25, 0.3) is 10.9 Å². The molecule has 1 atom stereocenters. The van der Waals surface area contributed by atoms with Crippen molar-refractivity contribution < 1.29 is 9.84 Å². The van der Waals surface area contributed by atoms with Crippen molar-refractivity contribution in [3.8, 4) is 0 Å². The van der Waals surface area contributed by atoms with Crippen molar-refractivity contribution in [3.05, 3.63) is 35.0 Å². The lowest BCUT2D eigenvalue weighted by atomic mass is 10.0. The van der Waals surface area contributed by atoms with Gasteiger partial charge in [0.2, 0.25) is 0 Å². The van der Waals surface area contributed by atoms with E-state index in [0.717, 1.165) is 53.8 Å². The monoisotopic (exact) mass is 300 g/mol. The number of pyridine rings is 1. The maximum Gasteiger partial charge on any atom is 0.0766 e. The summed E-state index contributed by atoms with van der Waals surface area (Å²) in [6.45, 7) is 8.90. The lowest BCUT2D eigenvalue weighted by Gasteiger charge is -2.22. The number of rotatable bonds is 4. The first-order chi connectivity index (χ1) is 10.6. The second-order valence-electron chi connectivity index (χ2n) is 6.05. The van der Waals surface area contributed by atoms with Gasteiger partial charge in [0.05, 0.1) is 18.2 Å². The van der Waals surface area contributed by atoms with Gasteiger partial charge >= 0.3 is 0 Å². The van der Waals surface area contributed by atoms with Crippen LogP contribution in [-0.2, 0) is 11.3 Å². The van der Waals surface area contributed by atoms with Crippen LogP contribution in [0.2, 0.25) is 0 Å². The molecule has 0 spiro atoms. The first-order valence-corrected chi connectivity index (χ1v) is 8.00. The fraction of sp³-hybridized carbons (Fsp3) is 0.500. The quantitative estimate of drug-likeness (QED) is 0.943. The fourth-order valence-corrected chi connectivity index (χ4v) is 3.29. The van der Waals surface area contributed by atoms with Crippen molar-refractivity contribution in [2.75, 3.05) is 24.6 Å². The summed E-state index contributed by atoms with van der Waals surface area (Å²) in [4.78, 5) is 7.04. The van der Waals surface area contributed by atoms with Gasteiger partial charge in [0.15, 0.2) is 0 Å². The molecule has 2 aromatic rings. The van der Waals surface area contributed by atoms with Crippen molar-refractivity contribution in [3.63, 3.8) is 0 Å². The minimum Gasteiger partial charge on any atom is -0.392 e. The summed E-state index contributed by atoms with van der Waals surface area (Å²) >= 11 is 0. The fourth-order valence-electron chi connectivity index (χ4n) is 3.29. The molecular formula is C18H24N2O2. The minimum absolute atomic E-state index is 0.0584. The lowest BCUT2D eigenvalue weighted by Crippen LogP contribution is -2.23. The molecule has 0 saturated carbocycles. The van der Waals surface area contributed by atoms with E-state index >= 15 is 0 Å². The van der Waals surface area contributed by atoms with Gasteiger partial charge in [-0.15, -0.1) is 0 Å². The van der Waals surface area contributed by atoms with Crippen LogP contribution in [0, 0.1) is 13.8 Å². The van der Waals surface area contributed by atoms with E-state index in [2.05, 4.69) is 28.9 Å². The Labute approximate surface area is 131 Å². The Balaban J connectivity index is 2.04. The molecule has 1 saturated heterocycles. The van der Waals surface area contributed by atoms with Crippen molar-refractivity contribution in [1.82, 2.24) is 4.98 Å². The third-order valence-electron chi connectivity index (χ3n) is 4.43. The van der Waals surface area contributed by atoms with Crippen LogP contribution in [0.3, 0.4) is 0 Å². The Hall–Kier alpha value is -1.65. The summed E-state index contributed by atoms with van der Waals surface area (Å²) in [6.07, 6.45) is 1.40. The second kappa shape index (κ2) is 6.23. The molecule has 0 aliphatic carbocycles. The largest absolute Gasteiger partial charge is 0.392 e. The average molecular weight is 300 g/mol. The molecule has 1 fully saturated rings. The van der Waals surface area contributed by atoms with Gasteiger partial charge in [0.25, 0.3) is 0 Å². The van der Waals surface area contributed by atoms with Gasteiger partial charge in [-0.25, -0.2) is 0 Å². The number of aromatic nitrogens is 1. The van der Waals surface area contributed by atoms with Crippen molar-refractivity contribution in [1.29, 1.82) is 0 Å². The van der Waals surface area contributed by atoms with Crippen LogP contribution in [0.5, 0.6) is 0 Å². The van der Waals surface area contributed by atoms with E-state index in [1.165, 1.54) is 5.69 Å². The van der Waals surface area contributed by atoms with Gasteiger partial charge in [0, 0.05) is 36.5 Å². The summed E-state index contributed by atoms with van der Waals surface area (Å²) in [7, 11) is 0. The van der Waals surface area contributed by atoms with E-state index in [4.69, 9.17) is 4.74 Å². The summed E-state index contributed by atoms with van der Waals surface area (Å²) in [5, 5.41) is 10.6. The van der Waals surface area contributed by atoms with Crippen LogP contribution in [0.1, 0.15) is 30.2 Å². The predicted molar refractivity (Wildman–Crippen MR) is 89.4 cm³/mol. The van der Waals surface area contributed by atoms with Gasteiger partial charge in [-0.1, -0.05) is 0 Å². The van der Waals surface area contributed by atoms with Gasteiger partial charge in [-0.3, -0.25) is 4.98 Å². The van der Waals surface area contributed by atoms with E-state index < -0.39 is 0 Å². The average Bonchev–Trinajstić information content (AvgIpc) is 2.95. The van der Waals surface area contributed by atoms with Crippen LogP contribution in [0.4, 0.5) is 5.69 Å². The Morgan fingerprint density at radius 1 is 1.32 bits per heavy atom. The highest BCUT2D eigenvalue weighted by Crippen LogP contribution is 2.32. The third-order valence-corrected chi connectivity index (χ3v) is 4.43. The molecule has 1 aliphatic heterocycles. The molecule has 0 amide bonds. The molecule has 1 aromatic carbocycles. The van der Waals surface area contributed by atoms with Gasteiger partial charge in [0.1, 0.15) is 0 Å². The smallest absolute Gasteiger partial charge is 0.0766 e. The summed E-state index contributed by atoms with van der Waals surface area (Å²) in [6, 6.07) is 6.32. The SMILES string of the molecule is CCO[C@H]1CCN(c2cc(C)nc3cc(CO)c(C)cc23)C1.